The van der Waals surface area contributed by atoms with E-state index in [1.807, 2.05) is 0 Å². The van der Waals surface area contributed by atoms with E-state index in [4.69, 9.17) is 14.2 Å². The first-order valence-corrected chi connectivity index (χ1v) is 31.9. The molecule has 0 saturated heterocycles. The maximum absolute atomic E-state index is 12.9. The number of carbonyl (C=O) groups excluding carboxylic acids is 3. The van der Waals surface area contributed by atoms with Crippen LogP contribution in [0.5, 0.6) is 0 Å². The number of hydrogen-bond donors (Lipinski definition) is 0. The summed E-state index contributed by atoms with van der Waals surface area (Å²) in [6.07, 6.45) is 80.8. The smallest absolute Gasteiger partial charge is 0.306 e. The lowest BCUT2D eigenvalue weighted by atomic mass is 10.0. The van der Waals surface area contributed by atoms with E-state index in [9.17, 15) is 14.4 Å². The van der Waals surface area contributed by atoms with Gasteiger partial charge in [0.1, 0.15) is 13.2 Å². The Morgan fingerprint density at radius 2 is 0.527 bits per heavy atom. The predicted molar refractivity (Wildman–Crippen MR) is 321 cm³/mol. The molecule has 0 aromatic carbocycles. The van der Waals surface area contributed by atoms with Crippen molar-refractivity contribution in [1.82, 2.24) is 0 Å². The largest absolute Gasteiger partial charge is 0.462 e. The van der Waals surface area contributed by atoms with Crippen molar-refractivity contribution in [2.45, 2.75) is 329 Å². The number of hydrogen-bond acceptors (Lipinski definition) is 6. The third-order valence-electron chi connectivity index (χ3n) is 14.0. The molecule has 428 valence electrons. The van der Waals surface area contributed by atoms with Crippen molar-refractivity contribution < 1.29 is 28.6 Å². The summed E-state index contributed by atoms with van der Waals surface area (Å²) in [6, 6.07) is 0. The van der Waals surface area contributed by atoms with Crippen LogP contribution in [0.3, 0.4) is 0 Å². The summed E-state index contributed by atoms with van der Waals surface area (Å²) in [4.78, 5) is 38.1. The van der Waals surface area contributed by atoms with Crippen molar-refractivity contribution >= 4 is 17.9 Å². The number of carbonyl (C=O) groups is 3. The molecule has 1 atom stereocenters. The van der Waals surface area contributed by atoms with E-state index < -0.39 is 6.10 Å². The average Bonchev–Trinajstić information content (AvgIpc) is 3.40. The van der Waals surface area contributed by atoms with Gasteiger partial charge < -0.3 is 14.2 Å². The lowest BCUT2D eigenvalue weighted by Crippen LogP contribution is -2.30. The normalized spacial score (nSPS) is 12.5. The van der Waals surface area contributed by atoms with Crippen molar-refractivity contribution in [1.29, 1.82) is 0 Å². The van der Waals surface area contributed by atoms with Gasteiger partial charge in [0.05, 0.1) is 0 Å². The first kappa shape index (κ1) is 70.8. The van der Waals surface area contributed by atoms with Gasteiger partial charge in [0.2, 0.25) is 0 Å². The molecule has 0 radical (unpaired) electrons. The molecule has 74 heavy (non-hydrogen) atoms. The second-order valence-electron chi connectivity index (χ2n) is 21.3. The van der Waals surface area contributed by atoms with Gasteiger partial charge in [-0.3, -0.25) is 14.4 Å². The van der Waals surface area contributed by atoms with E-state index in [1.165, 1.54) is 186 Å². The summed E-state index contributed by atoms with van der Waals surface area (Å²) in [5.41, 5.74) is 0. The second-order valence-corrected chi connectivity index (χ2v) is 21.3. The third kappa shape index (κ3) is 59.7. The van der Waals surface area contributed by atoms with Crippen LogP contribution < -0.4 is 0 Å². The Bertz CT molecular complexity index is 1370. The van der Waals surface area contributed by atoms with Crippen LogP contribution in [0.1, 0.15) is 323 Å². The van der Waals surface area contributed by atoms with Gasteiger partial charge in [-0.2, -0.15) is 0 Å². The lowest BCUT2D eigenvalue weighted by Gasteiger charge is -2.18. The third-order valence-corrected chi connectivity index (χ3v) is 14.0. The number of rotatable bonds is 58. The molecule has 1 unspecified atom stereocenters. The Kier molecular flexibility index (Phi) is 59.7. The van der Waals surface area contributed by atoms with E-state index in [1.54, 1.807) is 0 Å². The number of unbranched alkanes of at least 4 members (excludes halogenated alkanes) is 35. The van der Waals surface area contributed by atoms with Crippen molar-refractivity contribution in [3.05, 3.63) is 72.9 Å². The molecular formula is C68H120O6. The molecule has 0 spiro atoms. The van der Waals surface area contributed by atoms with Crippen molar-refractivity contribution in [3.8, 4) is 0 Å². The molecule has 0 fully saturated rings. The molecule has 0 rings (SSSR count). The summed E-state index contributed by atoms with van der Waals surface area (Å²) < 4.78 is 16.8. The fraction of sp³-hybridized carbons (Fsp3) is 0.779. The zero-order valence-corrected chi connectivity index (χ0v) is 49.1. The Morgan fingerprint density at radius 1 is 0.284 bits per heavy atom. The molecule has 0 N–H and O–H groups in total. The standard InChI is InChI=1S/C68H120O6/c1-4-7-10-13-16-19-21-23-25-27-29-31-32-33-34-35-37-38-40-42-44-46-49-52-55-58-61-67(70)73-64-65(63-72-66(69)60-57-54-51-48-18-15-12-9-6-3)74-68(71)62-59-56-53-50-47-45-43-41-39-36-30-28-26-24-22-20-17-14-11-8-5-2/h8,11,17,20,24,26,30,36,41,43,47,50,65H,4-7,9-10,12-16,18-19,21-23,25,27-29,31-35,37-40,42,44-46,48-49,51-64H2,1-3H3/b11-8-,20-17-,26-24-,36-30-,43-41-,50-47-. The molecule has 0 aromatic heterocycles. The molecule has 0 heterocycles. The molecule has 6 heteroatoms. The van der Waals surface area contributed by atoms with Crippen LogP contribution in [0.2, 0.25) is 0 Å². The van der Waals surface area contributed by atoms with Gasteiger partial charge in [0, 0.05) is 19.3 Å². The highest BCUT2D eigenvalue weighted by atomic mass is 16.6. The highest BCUT2D eigenvalue weighted by molar-refractivity contribution is 5.71. The van der Waals surface area contributed by atoms with Crippen molar-refractivity contribution in [3.63, 3.8) is 0 Å². The topological polar surface area (TPSA) is 78.9 Å². The first-order chi connectivity index (χ1) is 36.5. The first-order valence-electron chi connectivity index (χ1n) is 31.9. The molecule has 0 amide bonds. The van der Waals surface area contributed by atoms with Crippen molar-refractivity contribution in [2.24, 2.45) is 0 Å². The van der Waals surface area contributed by atoms with E-state index in [0.717, 1.165) is 89.9 Å². The average molecular weight is 1030 g/mol. The fourth-order valence-electron chi connectivity index (χ4n) is 9.21. The molecular weight excluding hydrogens is 913 g/mol. The van der Waals surface area contributed by atoms with E-state index >= 15 is 0 Å². The Morgan fingerprint density at radius 3 is 0.824 bits per heavy atom. The van der Waals surface area contributed by atoms with Gasteiger partial charge in [-0.25, -0.2) is 0 Å². The van der Waals surface area contributed by atoms with E-state index in [2.05, 4.69) is 93.7 Å². The van der Waals surface area contributed by atoms with Gasteiger partial charge in [0.15, 0.2) is 6.10 Å². The number of allylic oxidation sites excluding steroid dienone is 12. The molecule has 0 aliphatic carbocycles. The molecule has 0 bridgehead atoms. The Balaban J connectivity index is 4.23. The number of ether oxygens (including phenoxy) is 3. The quantitative estimate of drug-likeness (QED) is 0.0261. The zero-order valence-electron chi connectivity index (χ0n) is 49.1. The highest BCUT2D eigenvalue weighted by Gasteiger charge is 2.19. The Labute approximate surface area is 459 Å². The van der Waals surface area contributed by atoms with Crippen LogP contribution >= 0.6 is 0 Å². The lowest BCUT2D eigenvalue weighted by molar-refractivity contribution is -0.167. The summed E-state index contributed by atoms with van der Waals surface area (Å²) in [5.74, 6) is -0.922. The molecule has 0 saturated carbocycles. The van der Waals surface area contributed by atoms with Crippen LogP contribution in [-0.2, 0) is 28.6 Å². The van der Waals surface area contributed by atoms with Crippen LogP contribution in [0.15, 0.2) is 72.9 Å². The monoisotopic (exact) mass is 1030 g/mol. The maximum Gasteiger partial charge on any atom is 0.306 e. The van der Waals surface area contributed by atoms with Gasteiger partial charge in [-0.1, -0.05) is 306 Å². The minimum absolute atomic E-state index is 0.0894. The predicted octanol–water partition coefficient (Wildman–Crippen LogP) is 21.7. The van der Waals surface area contributed by atoms with Gasteiger partial charge in [0.25, 0.3) is 0 Å². The van der Waals surface area contributed by atoms with Crippen LogP contribution in [0.4, 0.5) is 0 Å². The Hall–Kier alpha value is -3.15. The number of esters is 3. The maximum atomic E-state index is 12.9. The summed E-state index contributed by atoms with van der Waals surface area (Å²) in [7, 11) is 0. The van der Waals surface area contributed by atoms with Gasteiger partial charge in [-0.05, 0) is 70.6 Å². The zero-order chi connectivity index (χ0) is 53.6. The van der Waals surface area contributed by atoms with Gasteiger partial charge >= 0.3 is 17.9 Å². The summed E-state index contributed by atoms with van der Waals surface area (Å²) in [5, 5.41) is 0. The molecule has 0 aliphatic heterocycles. The molecule has 0 aliphatic rings. The molecule has 0 aromatic rings. The minimum Gasteiger partial charge on any atom is -0.462 e. The van der Waals surface area contributed by atoms with Crippen LogP contribution in [0.25, 0.3) is 0 Å². The highest BCUT2D eigenvalue weighted by Crippen LogP contribution is 2.17. The minimum atomic E-state index is -0.796. The van der Waals surface area contributed by atoms with Gasteiger partial charge in [-0.15, -0.1) is 0 Å². The molecule has 6 nitrogen and oxygen atoms in total. The second kappa shape index (κ2) is 62.4. The van der Waals surface area contributed by atoms with Crippen LogP contribution in [0, 0.1) is 0 Å². The van der Waals surface area contributed by atoms with E-state index in [0.29, 0.717) is 19.3 Å². The van der Waals surface area contributed by atoms with Crippen molar-refractivity contribution in [2.75, 3.05) is 13.2 Å². The summed E-state index contributed by atoms with van der Waals surface area (Å²) in [6.45, 7) is 6.51. The van der Waals surface area contributed by atoms with E-state index in [-0.39, 0.29) is 37.5 Å². The fourth-order valence-corrected chi connectivity index (χ4v) is 9.21. The van der Waals surface area contributed by atoms with Crippen LogP contribution in [-0.4, -0.2) is 37.2 Å². The SMILES string of the molecule is CC/C=C\C/C=C\C/C=C\C/C=C\C/C=C\C/C=C\CCCCC(=O)OC(COC(=O)CCCCCCCCCCC)COC(=O)CCCCCCCCCCCCCCCCCCCCCCCCCCCC. The summed E-state index contributed by atoms with van der Waals surface area (Å²) >= 11 is 0.